The molecule has 25 heavy (non-hydrogen) atoms. The van der Waals surface area contributed by atoms with Gasteiger partial charge in [0.2, 0.25) is 5.95 Å². The molecule has 6 heteroatoms. The number of aromatic nitrogens is 3. The summed E-state index contributed by atoms with van der Waals surface area (Å²) in [5, 5.41) is 4.40. The number of fused-ring (bicyclic) bond motifs is 1. The van der Waals surface area contributed by atoms with Crippen molar-refractivity contribution in [2.45, 2.75) is 12.8 Å². The second-order valence-corrected chi connectivity index (χ2v) is 6.70. The van der Waals surface area contributed by atoms with Crippen LogP contribution in [0.15, 0.2) is 42.9 Å². The van der Waals surface area contributed by atoms with E-state index in [1.165, 1.54) is 18.2 Å². The van der Waals surface area contributed by atoms with Crippen molar-refractivity contribution in [3.05, 3.63) is 42.9 Å². The Morgan fingerprint density at radius 2 is 2.00 bits per heavy atom. The Labute approximate surface area is 147 Å². The second-order valence-electron chi connectivity index (χ2n) is 6.70. The molecule has 0 bridgehead atoms. The number of rotatable bonds is 5. The van der Waals surface area contributed by atoms with E-state index in [-0.39, 0.29) is 0 Å². The number of benzene rings is 1. The number of nitrogens with zero attached hydrogens (tertiary/aromatic N) is 3. The van der Waals surface area contributed by atoms with Crippen molar-refractivity contribution in [2.75, 3.05) is 32.1 Å². The maximum Gasteiger partial charge on any atom is 0.227 e. The van der Waals surface area contributed by atoms with E-state index in [0.29, 0.717) is 11.9 Å². The van der Waals surface area contributed by atoms with Crippen LogP contribution in [0.1, 0.15) is 12.8 Å². The lowest BCUT2D eigenvalue weighted by molar-refractivity contribution is 0.159. The number of piperidine rings is 1. The molecule has 0 amide bonds. The number of likely N-dealkylation sites (tertiary alicyclic amines) is 1. The number of aromatic amines is 1. The summed E-state index contributed by atoms with van der Waals surface area (Å²) in [6, 6.07) is 8.17. The molecule has 0 radical (unpaired) electrons. The lowest BCUT2D eigenvalue weighted by Gasteiger charge is -2.28. The van der Waals surface area contributed by atoms with Gasteiger partial charge in [0.15, 0.2) is 5.75 Å². The summed E-state index contributed by atoms with van der Waals surface area (Å²) < 4.78 is 5.86. The Bertz CT molecular complexity index is 821. The molecule has 0 aliphatic carbocycles. The van der Waals surface area contributed by atoms with Crippen molar-refractivity contribution in [1.82, 2.24) is 19.9 Å². The number of hydrogen-bond acceptors (Lipinski definition) is 5. The van der Waals surface area contributed by atoms with E-state index < -0.39 is 0 Å². The third-order valence-corrected chi connectivity index (χ3v) is 4.76. The van der Waals surface area contributed by atoms with Gasteiger partial charge in [0.1, 0.15) is 0 Å². The van der Waals surface area contributed by atoms with Gasteiger partial charge in [-0.05, 0) is 62.5 Å². The monoisotopic (exact) mass is 337 g/mol. The highest BCUT2D eigenvalue weighted by Gasteiger charge is 2.17. The van der Waals surface area contributed by atoms with Gasteiger partial charge in [0.25, 0.3) is 0 Å². The lowest BCUT2D eigenvalue weighted by Crippen LogP contribution is -2.32. The van der Waals surface area contributed by atoms with E-state index in [9.17, 15) is 0 Å². The Hall–Kier alpha value is -2.60. The topological polar surface area (TPSA) is 66.1 Å². The molecule has 0 saturated carbocycles. The predicted octanol–water partition coefficient (Wildman–Crippen LogP) is 3.42. The van der Waals surface area contributed by atoms with Gasteiger partial charge in [-0.1, -0.05) is 6.07 Å². The van der Waals surface area contributed by atoms with Crippen molar-refractivity contribution in [1.29, 1.82) is 0 Å². The van der Waals surface area contributed by atoms with Gasteiger partial charge in [-0.15, -0.1) is 0 Å². The van der Waals surface area contributed by atoms with Crippen molar-refractivity contribution in [3.63, 3.8) is 0 Å². The van der Waals surface area contributed by atoms with Gasteiger partial charge >= 0.3 is 0 Å². The average Bonchev–Trinajstić information content (AvgIpc) is 3.10. The minimum absolute atomic E-state index is 0.567. The zero-order chi connectivity index (χ0) is 17.1. The minimum Gasteiger partial charge on any atom is -0.490 e. The molecule has 1 fully saturated rings. The summed E-state index contributed by atoms with van der Waals surface area (Å²) in [6.45, 7) is 3.05. The van der Waals surface area contributed by atoms with E-state index in [4.69, 9.17) is 4.74 Å². The van der Waals surface area contributed by atoms with E-state index in [2.05, 4.69) is 38.3 Å². The SMILES string of the molecule is CN1CCC(COc2cnc(Nc3ccc4cc[nH]c4c3)nc2)CC1. The zero-order valence-electron chi connectivity index (χ0n) is 14.4. The van der Waals surface area contributed by atoms with E-state index in [1.54, 1.807) is 12.4 Å². The van der Waals surface area contributed by atoms with Gasteiger partial charge in [0.05, 0.1) is 19.0 Å². The fraction of sp³-hybridized carbons (Fsp3) is 0.368. The molecule has 1 aliphatic rings. The normalized spacial score (nSPS) is 16.2. The van der Waals surface area contributed by atoms with Gasteiger partial charge in [-0.25, -0.2) is 9.97 Å². The molecule has 0 unspecified atom stereocenters. The molecule has 1 saturated heterocycles. The van der Waals surface area contributed by atoms with Gasteiger partial charge in [-0.3, -0.25) is 0 Å². The van der Waals surface area contributed by atoms with Crippen molar-refractivity contribution >= 4 is 22.5 Å². The molecule has 0 spiro atoms. The van der Waals surface area contributed by atoms with Crippen LogP contribution in [0.5, 0.6) is 5.75 Å². The summed E-state index contributed by atoms with van der Waals surface area (Å²) in [5.74, 6) is 1.92. The van der Waals surface area contributed by atoms with Crippen LogP contribution in [0.25, 0.3) is 10.9 Å². The first-order chi connectivity index (χ1) is 12.3. The van der Waals surface area contributed by atoms with Crippen LogP contribution in [-0.4, -0.2) is 46.6 Å². The number of hydrogen-bond donors (Lipinski definition) is 2. The van der Waals surface area contributed by atoms with Gasteiger partial charge in [0, 0.05) is 17.4 Å². The van der Waals surface area contributed by atoms with E-state index in [1.807, 2.05) is 24.4 Å². The Morgan fingerprint density at radius 3 is 2.80 bits per heavy atom. The Balaban J connectivity index is 1.33. The largest absolute Gasteiger partial charge is 0.490 e. The van der Waals surface area contributed by atoms with Crippen LogP contribution in [0.3, 0.4) is 0 Å². The number of H-pyrrole nitrogens is 1. The minimum atomic E-state index is 0.567. The standard InChI is InChI=1S/C19H23N5O/c1-24-8-5-14(6-9-24)13-25-17-11-21-19(22-12-17)23-16-3-2-15-4-7-20-18(15)10-16/h2-4,7,10-12,14,20H,5-6,8-9,13H2,1H3,(H,21,22,23). The molecule has 2 aromatic heterocycles. The van der Waals surface area contributed by atoms with Crippen LogP contribution in [0.2, 0.25) is 0 Å². The number of nitrogens with one attached hydrogen (secondary N) is 2. The molecule has 3 aromatic rings. The van der Waals surface area contributed by atoms with Crippen molar-refractivity contribution in [2.24, 2.45) is 5.92 Å². The zero-order valence-corrected chi connectivity index (χ0v) is 14.4. The summed E-state index contributed by atoms with van der Waals surface area (Å²) in [7, 11) is 2.17. The molecule has 1 aromatic carbocycles. The molecule has 6 nitrogen and oxygen atoms in total. The summed E-state index contributed by atoms with van der Waals surface area (Å²) >= 11 is 0. The fourth-order valence-corrected chi connectivity index (χ4v) is 3.15. The van der Waals surface area contributed by atoms with Crippen LogP contribution in [0.4, 0.5) is 11.6 Å². The summed E-state index contributed by atoms with van der Waals surface area (Å²) in [5.41, 5.74) is 2.04. The van der Waals surface area contributed by atoms with Crippen molar-refractivity contribution < 1.29 is 4.74 Å². The van der Waals surface area contributed by atoms with Crippen molar-refractivity contribution in [3.8, 4) is 5.75 Å². The lowest BCUT2D eigenvalue weighted by atomic mass is 9.98. The van der Waals surface area contributed by atoms with Crippen LogP contribution >= 0.6 is 0 Å². The first kappa shape index (κ1) is 15.9. The highest BCUT2D eigenvalue weighted by Crippen LogP contribution is 2.21. The molecule has 3 heterocycles. The smallest absolute Gasteiger partial charge is 0.227 e. The summed E-state index contributed by atoms with van der Waals surface area (Å²) in [6.07, 6.45) is 7.78. The van der Waals surface area contributed by atoms with Crippen LogP contribution in [-0.2, 0) is 0 Å². The molecular formula is C19H23N5O. The number of anilines is 2. The average molecular weight is 337 g/mol. The van der Waals surface area contributed by atoms with Gasteiger partial charge in [-0.2, -0.15) is 0 Å². The van der Waals surface area contributed by atoms with E-state index >= 15 is 0 Å². The van der Waals surface area contributed by atoms with Gasteiger partial charge < -0.3 is 19.9 Å². The highest BCUT2D eigenvalue weighted by atomic mass is 16.5. The molecular weight excluding hydrogens is 314 g/mol. The fourth-order valence-electron chi connectivity index (χ4n) is 3.15. The Morgan fingerprint density at radius 1 is 1.20 bits per heavy atom. The van der Waals surface area contributed by atoms with Crippen LogP contribution in [0, 0.1) is 5.92 Å². The first-order valence-electron chi connectivity index (χ1n) is 8.74. The third kappa shape index (κ3) is 3.91. The third-order valence-electron chi connectivity index (χ3n) is 4.76. The second kappa shape index (κ2) is 7.11. The first-order valence-corrected chi connectivity index (χ1v) is 8.74. The van der Waals surface area contributed by atoms with Crippen LogP contribution < -0.4 is 10.1 Å². The summed E-state index contributed by atoms with van der Waals surface area (Å²) in [4.78, 5) is 14.3. The molecule has 130 valence electrons. The molecule has 2 N–H and O–H groups in total. The maximum atomic E-state index is 5.86. The molecule has 4 rings (SSSR count). The Kier molecular flexibility index (Phi) is 4.52. The predicted molar refractivity (Wildman–Crippen MR) is 99.3 cm³/mol. The quantitative estimate of drug-likeness (QED) is 0.747. The molecule has 1 aliphatic heterocycles. The molecule has 0 atom stereocenters. The maximum absolute atomic E-state index is 5.86. The van der Waals surface area contributed by atoms with E-state index in [0.717, 1.165) is 36.6 Å². The highest BCUT2D eigenvalue weighted by molar-refractivity contribution is 5.83. The number of ether oxygens (including phenoxy) is 1.